The molecule has 0 aromatic heterocycles. The molecule has 0 aromatic carbocycles. The molecule has 0 N–H and O–H groups in total. The van der Waals surface area contributed by atoms with Crippen LogP contribution < -0.4 is 0 Å². The molecular formula is C16H30N2O2. The monoisotopic (exact) mass is 282 g/mol. The molecule has 0 aromatic rings. The molecule has 0 spiro atoms. The summed E-state index contributed by atoms with van der Waals surface area (Å²) in [7, 11) is 1.78. The van der Waals surface area contributed by atoms with Gasteiger partial charge in [0.2, 0.25) is 5.91 Å². The summed E-state index contributed by atoms with van der Waals surface area (Å²) >= 11 is 0. The SMILES string of the molecule is COC1CCN([C@H](C)C(=O)N2C[C@@H](C)C[C@H](C)C2)CC1. The Labute approximate surface area is 123 Å². The van der Waals surface area contributed by atoms with Crippen LogP contribution in [0.2, 0.25) is 0 Å². The molecule has 2 aliphatic heterocycles. The summed E-state index contributed by atoms with van der Waals surface area (Å²) in [5.74, 6) is 1.59. The summed E-state index contributed by atoms with van der Waals surface area (Å²) < 4.78 is 5.40. The molecule has 4 heteroatoms. The van der Waals surface area contributed by atoms with E-state index in [1.165, 1.54) is 6.42 Å². The van der Waals surface area contributed by atoms with Crippen LogP contribution in [0.5, 0.6) is 0 Å². The summed E-state index contributed by atoms with van der Waals surface area (Å²) in [4.78, 5) is 17.1. The van der Waals surface area contributed by atoms with Crippen LogP contribution in [-0.2, 0) is 9.53 Å². The van der Waals surface area contributed by atoms with Crippen molar-refractivity contribution >= 4 is 5.91 Å². The molecule has 0 aliphatic carbocycles. The number of likely N-dealkylation sites (tertiary alicyclic amines) is 2. The first-order valence-corrected chi connectivity index (χ1v) is 8.07. The van der Waals surface area contributed by atoms with Crippen molar-refractivity contribution in [3.8, 4) is 0 Å². The van der Waals surface area contributed by atoms with Crippen molar-refractivity contribution in [2.45, 2.75) is 52.2 Å². The highest BCUT2D eigenvalue weighted by molar-refractivity contribution is 5.81. The van der Waals surface area contributed by atoms with Crippen molar-refractivity contribution in [1.82, 2.24) is 9.80 Å². The largest absolute Gasteiger partial charge is 0.381 e. The molecular weight excluding hydrogens is 252 g/mol. The quantitative estimate of drug-likeness (QED) is 0.793. The second-order valence-electron chi connectivity index (χ2n) is 6.84. The first-order valence-electron chi connectivity index (χ1n) is 8.07. The smallest absolute Gasteiger partial charge is 0.239 e. The third kappa shape index (κ3) is 3.73. The first-order chi connectivity index (χ1) is 9.51. The van der Waals surface area contributed by atoms with E-state index < -0.39 is 0 Å². The maximum Gasteiger partial charge on any atom is 0.239 e. The van der Waals surface area contributed by atoms with E-state index in [2.05, 4.69) is 30.6 Å². The van der Waals surface area contributed by atoms with Gasteiger partial charge in [-0.3, -0.25) is 9.69 Å². The van der Waals surface area contributed by atoms with Crippen LogP contribution in [-0.4, -0.2) is 61.1 Å². The van der Waals surface area contributed by atoms with Crippen LogP contribution in [0.25, 0.3) is 0 Å². The normalized spacial score (nSPS) is 31.3. The number of hydrogen-bond donors (Lipinski definition) is 0. The van der Waals surface area contributed by atoms with E-state index in [1.807, 2.05) is 0 Å². The number of nitrogens with zero attached hydrogens (tertiary/aromatic N) is 2. The second-order valence-corrected chi connectivity index (χ2v) is 6.84. The Bertz CT molecular complexity index is 316. The fourth-order valence-electron chi connectivity index (χ4n) is 3.76. The van der Waals surface area contributed by atoms with Gasteiger partial charge in [-0.1, -0.05) is 13.8 Å². The summed E-state index contributed by atoms with van der Waals surface area (Å²) in [6.07, 6.45) is 3.71. The predicted octanol–water partition coefficient (Wildman–Crippen LogP) is 1.99. The highest BCUT2D eigenvalue weighted by atomic mass is 16.5. The number of rotatable bonds is 3. The predicted molar refractivity (Wildman–Crippen MR) is 80.6 cm³/mol. The number of carbonyl (C=O) groups is 1. The average molecular weight is 282 g/mol. The van der Waals surface area contributed by atoms with Gasteiger partial charge in [0.25, 0.3) is 0 Å². The number of methoxy groups -OCH3 is 1. The molecule has 0 bridgehead atoms. The Hall–Kier alpha value is -0.610. The number of amides is 1. The summed E-state index contributed by atoms with van der Waals surface area (Å²) in [5.41, 5.74) is 0. The van der Waals surface area contributed by atoms with Crippen LogP contribution >= 0.6 is 0 Å². The van der Waals surface area contributed by atoms with E-state index >= 15 is 0 Å². The van der Waals surface area contributed by atoms with E-state index in [1.54, 1.807) is 7.11 Å². The topological polar surface area (TPSA) is 32.8 Å². The second kappa shape index (κ2) is 6.90. The van der Waals surface area contributed by atoms with Crippen molar-refractivity contribution in [3.63, 3.8) is 0 Å². The standard InChI is InChI=1S/C16H30N2O2/c1-12-9-13(2)11-18(10-12)16(19)14(3)17-7-5-15(20-4)6-8-17/h12-15H,5-11H2,1-4H3/t12-,13-,14+/m0/s1. The third-order valence-electron chi connectivity index (χ3n) is 4.90. The van der Waals surface area contributed by atoms with Crippen LogP contribution in [0.4, 0.5) is 0 Å². The zero-order chi connectivity index (χ0) is 14.7. The highest BCUT2D eigenvalue weighted by Gasteiger charge is 2.32. The van der Waals surface area contributed by atoms with Crippen LogP contribution in [0.1, 0.15) is 40.0 Å². The lowest BCUT2D eigenvalue weighted by atomic mass is 9.91. The molecule has 116 valence electrons. The minimum atomic E-state index is 0.0188. The lowest BCUT2D eigenvalue weighted by Crippen LogP contribution is -2.53. The summed E-state index contributed by atoms with van der Waals surface area (Å²) in [6, 6.07) is 0.0188. The molecule has 2 aliphatic rings. The van der Waals surface area contributed by atoms with Crippen molar-refractivity contribution in [3.05, 3.63) is 0 Å². The minimum absolute atomic E-state index is 0.0188. The van der Waals surface area contributed by atoms with Gasteiger partial charge in [0.05, 0.1) is 12.1 Å². The maximum absolute atomic E-state index is 12.7. The van der Waals surface area contributed by atoms with Gasteiger partial charge in [0, 0.05) is 33.3 Å². The van der Waals surface area contributed by atoms with Crippen LogP contribution in [0, 0.1) is 11.8 Å². The lowest BCUT2D eigenvalue weighted by Gasteiger charge is -2.40. The van der Waals surface area contributed by atoms with E-state index in [9.17, 15) is 4.79 Å². The van der Waals surface area contributed by atoms with Gasteiger partial charge >= 0.3 is 0 Å². The molecule has 0 saturated carbocycles. The van der Waals surface area contributed by atoms with Gasteiger partial charge in [-0.2, -0.15) is 0 Å². The number of carbonyl (C=O) groups excluding carboxylic acids is 1. The highest BCUT2D eigenvalue weighted by Crippen LogP contribution is 2.23. The maximum atomic E-state index is 12.7. The molecule has 4 nitrogen and oxygen atoms in total. The Morgan fingerprint density at radius 3 is 2.20 bits per heavy atom. The van der Waals surface area contributed by atoms with Crippen LogP contribution in [0.15, 0.2) is 0 Å². The zero-order valence-corrected chi connectivity index (χ0v) is 13.5. The van der Waals surface area contributed by atoms with Crippen LogP contribution in [0.3, 0.4) is 0 Å². The van der Waals surface area contributed by atoms with Gasteiger partial charge in [-0.15, -0.1) is 0 Å². The average Bonchev–Trinajstić information content (AvgIpc) is 2.45. The van der Waals surface area contributed by atoms with Crippen molar-refractivity contribution in [1.29, 1.82) is 0 Å². The number of piperidine rings is 2. The Kier molecular flexibility index (Phi) is 5.44. The van der Waals surface area contributed by atoms with Gasteiger partial charge < -0.3 is 9.64 Å². The van der Waals surface area contributed by atoms with Crippen molar-refractivity contribution in [2.24, 2.45) is 11.8 Å². The Morgan fingerprint density at radius 2 is 1.70 bits per heavy atom. The van der Waals surface area contributed by atoms with Gasteiger partial charge in [-0.25, -0.2) is 0 Å². The first kappa shape index (κ1) is 15.8. The van der Waals surface area contributed by atoms with Gasteiger partial charge in [-0.05, 0) is 38.0 Å². The van der Waals surface area contributed by atoms with E-state index in [0.717, 1.165) is 39.0 Å². The Morgan fingerprint density at radius 1 is 1.15 bits per heavy atom. The molecule has 2 heterocycles. The number of hydrogen-bond acceptors (Lipinski definition) is 3. The lowest BCUT2D eigenvalue weighted by molar-refractivity contribution is -0.140. The molecule has 20 heavy (non-hydrogen) atoms. The summed E-state index contributed by atoms with van der Waals surface area (Å²) in [6.45, 7) is 10.4. The van der Waals surface area contributed by atoms with Gasteiger partial charge in [0.1, 0.15) is 0 Å². The zero-order valence-electron chi connectivity index (χ0n) is 13.5. The molecule has 2 saturated heterocycles. The van der Waals surface area contributed by atoms with E-state index in [-0.39, 0.29) is 6.04 Å². The van der Waals surface area contributed by atoms with Gasteiger partial charge in [0.15, 0.2) is 0 Å². The van der Waals surface area contributed by atoms with E-state index in [0.29, 0.717) is 23.8 Å². The minimum Gasteiger partial charge on any atom is -0.381 e. The molecule has 0 unspecified atom stereocenters. The van der Waals surface area contributed by atoms with Crippen molar-refractivity contribution < 1.29 is 9.53 Å². The molecule has 0 radical (unpaired) electrons. The molecule has 2 rings (SSSR count). The number of ether oxygens (including phenoxy) is 1. The van der Waals surface area contributed by atoms with E-state index in [4.69, 9.17) is 4.74 Å². The summed E-state index contributed by atoms with van der Waals surface area (Å²) in [5, 5.41) is 0. The molecule has 2 fully saturated rings. The third-order valence-corrected chi connectivity index (χ3v) is 4.90. The fraction of sp³-hybridized carbons (Fsp3) is 0.938. The fourth-order valence-corrected chi connectivity index (χ4v) is 3.76. The molecule has 1 amide bonds. The molecule has 3 atom stereocenters. The van der Waals surface area contributed by atoms with Crippen molar-refractivity contribution in [2.75, 3.05) is 33.3 Å². The Balaban J connectivity index is 1.88.